The van der Waals surface area contributed by atoms with Gasteiger partial charge in [0.1, 0.15) is 5.78 Å². The molecular weight excluding hydrogens is 160 g/mol. The van der Waals surface area contributed by atoms with Gasteiger partial charge in [-0.15, -0.1) is 0 Å². The molecule has 1 heteroatoms. The zero-order valence-corrected chi connectivity index (χ0v) is 8.97. The molecule has 1 atom stereocenters. The van der Waals surface area contributed by atoms with Crippen molar-refractivity contribution in [1.82, 2.24) is 0 Å². The summed E-state index contributed by atoms with van der Waals surface area (Å²) in [6, 6.07) is 0. The molecule has 0 heterocycles. The Balaban J connectivity index is 3.89. The summed E-state index contributed by atoms with van der Waals surface area (Å²) in [5.41, 5.74) is 1.07. The van der Waals surface area contributed by atoms with Crippen molar-refractivity contribution in [1.29, 1.82) is 0 Å². The number of Topliss-reactive ketones (excluding diaryl/α,β-unsaturated/α-hetero) is 1. The van der Waals surface area contributed by atoms with Crippen LogP contribution in [-0.4, -0.2) is 5.78 Å². The number of carbonyl (C=O) groups is 1. The fraction of sp³-hybridized carbons (Fsp3) is 0.583. The maximum Gasteiger partial charge on any atom is 0.129 e. The molecule has 0 saturated carbocycles. The number of rotatable bonds is 6. The van der Waals surface area contributed by atoms with Crippen molar-refractivity contribution >= 4 is 5.78 Å². The van der Waals surface area contributed by atoms with Crippen LogP contribution < -0.4 is 0 Å². The molecule has 0 bridgehead atoms. The van der Waals surface area contributed by atoms with Crippen LogP contribution in [0, 0.1) is 5.92 Å². The van der Waals surface area contributed by atoms with Crippen molar-refractivity contribution in [3.63, 3.8) is 0 Å². The Labute approximate surface area is 81.5 Å². The second-order valence-electron chi connectivity index (χ2n) is 3.61. The van der Waals surface area contributed by atoms with Crippen LogP contribution in [0.15, 0.2) is 24.3 Å². The fourth-order valence-electron chi connectivity index (χ4n) is 1.13. The lowest BCUT2D eigenvalue weighted by atomic mass is 9.98. The van der Waals surface area contributed by atoms with Gasteiger partial charge in [0.15, 0.2) is 0 Å². The highest BCUT2D eigenvalue weighted by Crippen LogP contribution is 2.13. The minimum absolute atomic E-state index is 0.280. The van der Waals surface area contributed by atoms with Crippen LogP contribution >= 0.6 is 0 Å². The molecular formula is C12H20O. The van der Waals surface area contributed by atoms with E-state index in [4.69, 9.17) is 0 Å². The highest BCUT2D eigenvalue weighted by atomic mass is 16.1. The molecule has 0 saturated heterocycles. The van der Waals surface area contributed by atoms with E-state index in [1.165, 1.54) is 0 Å². The molecule has 0 aliphatic rings. The smallest absolute Gasteiger partial charge is 0.129 e. The Hall–Kier alpha value is -0.850. The average molecular weight is 180 g/mol. The van der Waals surface area contributed by atoms with E-state index < -0.39 is 0 Å². The van der Waals surface area contributed by atoms with Crippen molar-refractivity contribution < 1.29 is 4.79 Å². The Morgan fingerprint density at radius 1 is 1.46 bits per heavy atom. The van der Waals surface area contributed by atoms with Crippen molar-refractivity contribution in [3.05, 3.63) is 24.3 Å². The number of carbonyl (C=O) groups excluding carboxylic acids is 1. The van der Waals surface area contributed by atoms with Crippen LogP contribution in [0.1, 0.15) is 40.0 Å². The zero-order valence-electron chi connectivity index (χ0n) is 8.97. The minimum atomic E-state index is 0.280. The molecule has 74 valence electrons. The predicted octanol–water partition coefficient (Wildman–Crippen LogP) is 3.51. The molecule has 1 unspecified atom stereocenters. The summed E-state index contributed by atoms with van der Waals surface area (Å²) in [5, 5.41) is 0. The van der Waals surface area contributed by atoms with E-state index in [9.17, 15) is 4.79 Å². The van der Waals surface area contributed by atoms with Gasteiger partial charge in [-0.2, -0.15) is 0 Å². The summed E-state index contributed by atoms with van der Waals surface area (Å²) in [5.74, 6) is 0.808. The van der Waals surface area contributed by atoms with Crippen molar-refractivity contribution in [2.45, 2.75) is 40.0 Å². The highest BCUT2D eigenvalue weighted by molar-refractivity contribution is 5.75. The van der Waals surface area contributed by atoms with Gasteiger partial charge >= 0.3 is 0 Å². The van der Waals surface area contributed by atoms with E-state index in [-0.39, 0.29) is 5.78 Å². The van der Waals surface area contributed by atoms with Gasteiger partial charge in [-0.05, 0) is 32.6 Å². The molecule has 0 fully saturated rings. The van der Waals surface area contributed by atoms with Gasteiger partial charge in [0.05, 0.1) is 0 Å². The van der Waals surface area contributed by atoms with Gasteiger partial charge in [0.25, 0.3) is 0 Å². The first-order valence-electron chi connectivity index (χ1n) is 4.89. The van der Waals surface area contributed by atoms with Crippen molar-refractivity contribution in [2.75, 3.05) is 0 Å². The van der Waals surface area contributed by atoms with Crippen LogP contribution in [-0.2, 0) is 4.79 Å². The molecule has 0 aliphatic heterocycles. The third-order valence-corrected chi connectivity index (χ3v) is 2.04. The first-order chi connectivity index (χ1) is 6.06. The van der Waals surface area contributed by atoms with Crippen LogP contribution in [0.4, 0.5) is 0 Å². The van der Waals surface area contributed by atoms with Gasteiger partial charge < -0.3 is 4.79 Å². The highest BCUT2D eigenvalue weighted by Gasteiger charge is 2.02. The number of hydrogen-bond acceptors (Lipinski definition) is 1. The first-order valence-corrected chi connectivity index (χ1v) is 4.89. The van der Waals surface area contributed by atoms with Gasteiger partial charge in [0, 0.05) is 6.42 Å². The Morgan fingerprint density at radius 2 is 2.08 bits per heavy atom. The number of hydrogen-bond donors (Lipinski definition) is 0. The van der Waals surface area contributed by atoms with Crippen molar-refractivity contribution in [3.8, 4) is 0 Å². The molecule has 0 N–H and O–H groups in total. The van der Waals surface area contributed by atoms with Crippen LogP contribution in [0.25, 0.3) is 0 Å². The average Bonchev–Trinajstić information content (AvgIpc) is 2.04. The summed E-state index contributed by atoms with van der Waals surface area (Å²) in [7, 11) is 0. The molecule has 1 nitrogen and oxygen atoms in total. The second kappa shape index (κ2) is 6.64. The summed E-state index contributed by atoms with van der Waals surface area (Å²) in [6.07, 6.45) is 6.95. The molecule has 0 aromatic heterocycles. The zero-order chi connectivity index (χ0) is 10.3. The Morgan fingerprint density at radius 3 is 2.46 bits per heavy atom. The standard InChI is InChI=1S/C12H20O/c1-5-12(8-6-10(2)3)9-7-11(4)13/h6,8,12H,2,5,7,9H2,1,3-4H3. The normalized spacial score (nSPS) is 13.2. The van der Waals surface area contributed by atoms with E-state index in [1.807, 2.05) is 13.0 Å². The maximum atomic E-state index is 10.8. The topological polar surface area (TPSA) is 17.1 Å². The van der Waals surface area contributed by atoms with Gasteiger partial charge in [-0.25, -0.2) is 0 Å². The lowest BCUT2D eigenvalue weighted by molar-refractivity contribution is -0.117. The summed E-state index contributed by atoms with van der Waals surface area (Å²) in [4.78, 5) is 10.8. The van der Waals surface area contributed by atoms with Gasteiger partial charge in [-0.3, -0.25) is 0 Å². The van der Waals surface area contributed by atoms with Gasteiger partial charge in [0.2, 0.25) is 0 Å². The quantitative estimate of drug-likeness (QED) is 0.572. The lowest BCUT2D eigenvalue weighted by Gasteiger charge is -2.07. The molecule has 0 aromatic carbocycles. The maximum absolute atomic E-state index is 10.8. The molecule has 13 heavy (non-hydrogen) atoms. The molecule has 0 aromatic rings. The molecule has 0 rings (SSSR count). The lowest BCUT2D eigenvalue weighted by Crippen LogP contribution is -1.98. The molecule has 0 spiro atoms. The SMILES string of the molecule is C=C(C)C=CC(CC)CCC(C)=O. The predicted molar refractivity (Wildman–Crippen MR) is 57.7 cm³/mol. The van der Waals surface area contributed by atoms with Gasteiger partial charge in [-0.1, -0.05) is 31.2 Å². The largest absolute Gasteiger partial charge is 0.300 e. The summed E-state index contributed by atoms with van der Waals surface area (Å²) >= 11 is 0. The number of allylic oxidation sites excluding steroid dienone is 3. The first kappa shape index (κ1) is 12.2. The Bertz CT molecular complexity index is 201. The second-order valence-corrected chi connectivity index (χ2v) is 3.61. The molecule has 0 aliphatic carbocycles. The summed E-state index contributed by atoms with van der Waals surface area (Å²) in [6.45, 7) is 9.58. The van der Waals surface area contributed by atoms with E-state index >= 15 is 0 Å². The molecule has 0 radical (unpaired) electrons. The van der Waals surface area contributed by atoms with E-state index in [2.05, 4.69) is 19.6 Å². The van der Waals surface area contributed by atoms with Crippen LogP contribution in [0.5, 0.6) is 0 Å². The van der Waals surface area contributed by atoms with Crippen LogP contribution in [0.2, 0.25) is 0 Å². The Kier molecular flexibility index (Phi) is 6.21. The van der Waals surface area contributed by atoms with Crippen molar-refractivity contribution in [2.24, 2.45) is 5.92 Å². The third kappa shape index (κ3) is 7.51. The monoisotopic (exact) mass is 180 g/mol. The van der Waals surface area contributed by atoms with E-state index in [0.29, 0.717) is 12.3 Å². The fourth-order valence-corrected chi connectivity index (χ4v) is 1.13. The molecule has 0 amide bonds. The van der Waals surface area contributed by atoms with E-state index in [1.54, 1.807) is 6.92 Å². The van der Waals surface area contributed by atoms with Crippen LogP contribution in [0.3, 0.4) is 0 Å². The minimum Gasteiger partial charge on any atom is -0.300 e. The summed E-state index contributed by atoms with van der Waals surface area (Å²) < 4.78 is 0. The third-order valence-electron chi connectivity index (χ3n) is 2.04. The number of ketones is 1. The van der Waals surface area contributed by atoms with E-state index in [0.717, 1.165) is 18.4 Å².